The van der Waals surface area contributed by atoms with Crippen LogP contribution in [0.1, 0.15) is 30.9 Å². The maximum absolute atomic E-state index is 4.66. The summed E-state index contributed by atoms with van der Waals surface area (Å²) in [4.78, 5) is 14.6. The number of nitrogens with one attached hydrogen (secondary N) is 1. The van der Waals surface area contributed by atoms with Crippen LogP contribution in [0.2, 0.25) is 0 Å². The van der Waals surface area contributed by atoms with E-state index in [0.717, 1.165) is 39.6 Å². The maximum atomic E-state index is 4.66. The van der Waals surface area contributed by atoms with Gasteiger partial charge in [-0.25, -0.2) is 19.5 Å². The van der Waals surface area contributed by atoms with Gasteiger partial charge in [0.25, 0.3) is 0 Å². The summed E-state index contributed by atoms with van der Waals surface area (Å²) in [7, 11) is 0. The second-order valence-corrected chi connectivity index (χ2v) is 7.41. The molecule has 6 nitrogen and oxygen atoms in total. The van der Waals surface area contributed by atoms with Crippen molar-refractivity contribution >= 4 is 33.0 Å². The quantitative estimate of drug-likeness (QED) is 0.591. The number of hydrogen-bond donors (Lipinski definition) is 1. The summed E-state index contributed by atoms with van der Waals surface area (Å²) >= 11 is 1.69. The zero-order valence-electron chi connectivity index (χ0n) is 14.5. The fourth-order valence-electron chi connectivity index (χ4n) is 3.02. The van der Waals surface area contributed by atoms with Crippen LogP contribution < -0.4 is 5.32 Å². The standard InChI is InChI=1S/C18H20N6S/c1-11(2)8-13-10-25-18-16(13)17(22-12(3)23-18)20-9-14-4-6-19-15-5-7-21-24(14)15/h4-7,10-11H,8-9H2,1-3H3,(H,20,22,23). The van der Waals surface area contributed by atoms with Crippen LogP contribution in [-0.2, 0) is 13.0 Å². The first-order chi connectivity index (χ1) is 12.1. The normalized spacial score (nSPS) is 11.7. The molecule has 0 radical (unpaired) electrons. The van der Waals surface area contributed by atoms with E-state index in [1.165, 1.54) is 5.56 Å². The number of aryl methyl sites for hydroxylation is 1. The number of hydrogen-bond acceptors (Lipinski definition) is 6. The molecule has 7 heteroatoms. The summed E-state index contributed by atoms with van der Waals surface area (Å²) in [5.41, 5.74) is 3.20. The predicted molar refractivity (Wildman–Crippen MR) is 101 cm³/mol. The molecule has 0 atom stereocenters. The van der Waals surface area contributed by atoms with Crippen molar-refractivity contribution in [2.75, 3.05) is 5.32 Å². The zero-order valence-corrected chi connectivity index (χ0v) is 15.3. The third-order valence-electron chi connectivity index (χ3n) is 4.06. The number of rotatable bonds is 5. The van der Waals surface area contributed by atoms with Crippen molar-refractivity contribution in [1.82, 2.24) is 24.6 Å². The molecule has 0 aliphatic rings. The molecule has 4 rings (SSSR count). The number of nitrogens with zero attached hydrogens (tertiary/aromatic N) is 5. The molecule has 128 valence electrons. The van der Waals surface area contributed by atoms with Gasteiger partial charge in [-0.2, -0.15) is 5.10 Å². The van der Waals surface area contributed by atoms with E-state index in [2.05, 4.69) is 44.6 Å². The minimum Gasteiger partial charge on any atom is -0.364 e. The van der Waals surface area contributed by atoms with Crippen LogP contribution in [0.4, 0.5) is 5.82 Å². The van der Waals surface area contributed by atoms with E-state index < -0.39 is 0 Å². The maximum Gasteiger partial charge on any atom is 0.155 e. The van der Waals surface area contributed by atoms with Crippen molar-refractivity contribution < 1.29 is 0 Å². The first-order valence-electron chi connectivity index (χ1n) is 8.38. The van der Waals surface area contributed by atoms with Gasteiger partial charge in [-0.15, -0.1) is 11.3 Å². The molecule has 25 heavy (non-hydrogen) atoms. The average molecular weight is 352 g/mol. The van der Waals surface area contributed by atoms with E-state index in [1.807, 2.05) is 29.8 Å². The highest BCUT2D eigenvalue weighted by Crippen LogP contribution is 2.31. The molecule has 0 unspecified atom stereocenters. The molecule has 1 N–H and O–H groups in total. The van der Waals surface area contributed by atoms with E-state index in [9.17, 15) is 0 Å². The lowest BCUT2D eigenvalue weighted by molar-refractivity contribution is 0.651. The molecule has 0 saturated carbocycles. The summed E-state index contributed by atoms with van der Waals surface area (Å²) in [5.74, 6) is 2.28. The Hall–Kier alpha value is -2.54. The molecule has 0 spiro atoms. The van der Waals surface area contributed by atoms with Gasteiger partial charge in [0.1, 0.15) is 16.5 Å². The highest BCUT2D eigenvalue weighted by Gasteiger charge is 2.14. The van der Waals surface area contributed by atoms with Crippen molar-refractivity contribution in [2.45, 2.75) is 33.7 Å². The van der Waals surface area contributed by atoms with Gasteiger partial charge in [0.05, 0.1) is 23.8 Å². The predicted octanol–water partition coefficient (Wildman–Crippen LogP) is 3.85. The lowest BCUT2D eigenvalue weighted by atomic mass is 10.0. The molecule has 4 heterocycles. The van der Waals surface area contributed by atoms with Gasteiger partial charge in [-0.3, -0.25) is 0 Å². The van der Waals surface area contributed by atoms with E-state index in [4.69, 9.17) is 0 Å². The Balaban J connectivity index is 1.71. The molecule has 0 fully saturated rings. The second-order valence-electron chi connectivity index (χ2n) is 6.55. The second kappa shape index (κ2) is 6.40. The summed E-state index contributed by atoms with van der Waals surface area (Å²) in [6, 6.07) is 3.87. The molecule has 0 aliphatic heterocycles. The topological polar surface area (TPSA) is 68.0 Å². The minimum absolute atomic E-state index is 0.593. The van der Waals surface area contributed by atoms with E-state index in [1.54, 1.807) is 17.5 Å². The molecule has 0 aliphatic carbocycles. The van der Waals surface area contributed by atoms with Crippen molar-refractivity contribution in [3.8, 4) is 0 Å². The van der Waals surface area contributed by atoms with Crippen molar-refractivity contribution in [2.24, 2.45) is 5.92 Å². The minimum atomic E-state index is 0.593. The van der Waals surface area contributed by atoms with Gasteiger partial charge in [-0.1, -0.05) is 13.8 Å². The van der Waals surface area contributed by atoms with Gasteiger partial charge in [-0.05, 0) is 36.3 Å². The lowest BCUT2D eigenvalue weighted by Crippen LogP contribution is -2.09. The Labute approximate surface area is 150 Å². The summed E-state index contributed by atoms with van der Waals surface area (Å²) in [6.45, 7) is 7.03. The average Bonchev–Trinajstić information content (AvgIpc) is 3.19. The van der Waals surface area contributed by atoms with Crippen LogP contribution in [0.3, 0.4) is 0 Å². The molecular weight excluding hydrogens is 332 g/mol. The van der Waals surface area contributed by atoms with Crippen molar-refractivity contribution in [1.29, 1.82) is 0 Å². The monoisotopic (exact) mass is 352 g/mol. The third kappa shape index (κ3) is 3.07. The van der Waals surface area contributed by atoms with E-state index in [0.29, 0.717) is 12.5 Å². The van der Waals surface area contributed by atoms with Crippen LogP contribution in [0.15, 0.2) is 29.9 Å². The Kier molecular flexibility index (Phi) is 4.09. The van der Waals surface area contributed by atoms with Crippen LogP contribution >= 0.6 is 11.3 Å². The smallest absolute Gasteiger partial charge is 0.155 e. The van der Waals surface area contributed by atoms with Crippen molar-refractivity contribution in [3.05, 3.63) is 47.0 Å². The van der Waals surface area contributed by atoms with Crippen molar-refractivity contribution in [3.63, 3.8) is 0 Å². The first-order valence-corrected chi connectivity index (χ1v) is 9.26. The number of fused-ring (bicyclic) bond motifs is 2. The summed E-state index contributed by atoms with van der Waals surface area (Å²) in [5, 5.41) is 11.2. The van der Waals surface area contributed by atoms with Gasteiger partial charge < -0.3 is 5.32 Å². The fraction of sp³-hybridized carbons (Fsp3) is 0.333. The molecule has 0 saturated heterocycles. The van der Waals surface area contributed by atoms with Gasteiger partial charge in [0.2, 0.25) is 0 Å². The lowest BCUT2D eigenvalue weighted by Gasteiger charge is -2.11. The SMILES string of the molecule is Cc1nc(NCc2ccnc3ccnn23)c2c(CC(C)C)csc2n1. The zero-order chi connectivity index (χ0) is 17.4. The van der Waals surface area contributed by atoms with Gasteiger partial charge >= 0.3 is 0 Å². The highest BCUT2D eigenvalue weighted by atomic mass is 32.1. The Morgan fingerprint density at radius 1 is 1.20 bits per heavy atom. The Morgan fingerprint density at radius 3 is 2.92 bits per heavy atom. The summed E-state index contributed by atoms with van der Waals surface area (Å²) < 4.78 is 1.85. The van der Waals surface area contributed by atoms with Gasteiger partial charge in [0.15, 0.2) is 5.65 Å². The Morgan fingerprint density at radius 2 is 2.08 bits per heavy atom. The van der Waals surface area contributed by atoms with Crippen LogP contribution in [0.25, 0.3) is 15.9 Å². The fourth-order valence-corrected chi connectivity index (χ4v) is 4.02. The molecule has 0 amide bonds. The number of aromatic nitrogens is 5. The number of anilines is 1. The van der Waals surface area contributed by atoms with Gasteiger partial charge in [0, 0.05) is 12.3 Å². The van der Waals surface area contributed by atoms with Crippen LogP contribution in [-0.4, -0.2) is 24.6 Å². The molecular formula is C18H20N6S. The molecule has 0 aromatic carbocycles. The Bertz CT molecular complexity index is 1030. The highest BCUT2D eigenvalue weighted by molar-refractivity contribution is 7.17. The van der Waals surface area contributed by atoms with E-state index >= 15 is 0 Å². The molecule has 0 bridgehead atoms. The van der Waals surface area contributed by atoms with E-state index in [-0.39, 0.29) is 0 Å². The van der Waals surface area contributed by atoms with Crippen LogP contribution in [0, 0.1) is 12.8 Å². The first kappa shape index (κ1) is 16.0. The van der Waals surface area contributed by atoms with Crippen LogP contribution in [0.5, 0.6) is 0 Å². The summed E-state index contributed by atoms with van der Waals surface area (Å²) in [6.07, 6.45) is 4.60. The third-order valence-corrected chi connectivity index (χ3v) is 4.98. The number of thiophene rings is 1. The molecule has 4 aromatic rings. The largest absolute Gasteiger partial charge is 0.364 e. The molecule has 4 aromatic heterocycles.